The van der Waals surface area contributed by atoms with Gasteiger partial charge in [-0.25, -0.2) is 8.42 Å². The summed E-state index contributed by atoms with van der Waals surface area (Å²) < 4.78 is 34.5. The van der Waals surface area contributed by atoms with Crippen molar-refractivity contribution >= 4 is 15.8 Å². The minimum absolute atomic E-state index is 0.229. The van der Waals surface area contributed by atoms with Crippen molar-refractivity contribution in [3.63, 3.8) is 0 Å². The van der Waals surface area contributed by atoms with E-state index in [9.17, 15) is 13.2 Å². The molecule has 0 amide bonds. The number of ether oxygens (including phenoxy) is 1. The molecule has 33 heavy (non-hydrogen) atoms. The summed E-state index contributed by atoms with van der Waals surface area (Å²) in [5.41, 5.74) is 0.0901. The maximum atomic E-state index is 12.9. The van der Waals surface area contributed by atoms with Gasteiger partial charge in [0, 0.05) is 24.1 Å². The third-order valence-electron chi connectivity index (χ3n) is 6.57. The Kier molecular flexibility index (Phi) is 7.22. The fraction of sp³-hybridized carbons (Fsp3) is 0.500. The molecule has 1 atom stereocenters. The molecule has 2 aliphatic rings. The Morgan fingerprint density at radius 2 is 1.76 bits per heavy atom. The van der Waals surface area contributed by atoms with Crippen molar-refractivity contribution in [3.05, 3.63) is 60.2 Å². The number of benzene rings is 2. The first kappa shape index (κ1) is 23.9. The van der Waals surface area contributed by atoms with Gasteiger partial charge >= 0.3 is 0 Å². The number of sulfonamides is 1. The number of nitrogens with one attached hydrogen (secondary N) is 1. The van der Waals surface area contributed by atoms with Gasteiger partial charge in [-0.3, -0.25) is 9.69 Å². The van der Waals surface area contributed by atoms with E-state index in [2.05, 4.69) is 9.62 Å². The average molecular weight is 471 g/mol. The van der Waals surface area contributed by atoms with Gasteiger partial charge in [-0.1, -0.05) is 18.2 Å². The zero-order valence-corrected chi connectivity index (χ0v) is 20.3. The Balaban J connectivity index is 1.27. The molecule has 1 aliphatic carbocycles. The van der Waals surface area contributed by atoms with Crippen LogP contribution < -0.4 is 9.46 Å². The largest absolute Gasteiger partial charge is 0.494 e. The highest BCUT2D eigenvalue weighted by molar-refractivity contribution is 7.89. The van der Waals surface area contributed by atoms with Gasteiger partial charge in [-0.2, -0.15) is 4.72 Å². The predicted molar refractivity (Wildman–Crippen MR) is 129 cm³/mol. The predicted octanol–water partition coefficient (Wildman–Crippen LogP) is 4.62. The monoisotopic (exact) mass is 470 g/mol. The third kappa shape index (κ3) is 6.02. The second-order valence-corrected chi connectivity index (χ2v) is 11.3. The van der Waals surface area contributed by atoms with Gasteiger partial charge in [0.05, 0.1) is 17.2 Å². The summed E-state index contributed by atoms with van der Waals surface area (Å²) in [6.07, 6.45) is 5.95. The fourth-order valence-corrected chi connectivity index (χ4v) is 6.13. The van der Waals surface area contributed by atoms with Gasteiger partial charge in [-0.05, 0) is 88.8 Å². The van der Waals surface area contributed by atoms with Crippen LogP contribution in [0.15, 0.2) is 59.5 Å². The van der Waals surface area contributed by atoms with Crippen LogP contribution in [0.4, 0.5) is 0 Å². The van der Waals surface area contributed by atoms with Crippen molar-refractivity contribution in [3.8, 4) is 5.75 Å². The molecule has 2 aromatic carbocycles. The lowest BCUT2D eigenvalue weighted by atomic mass is 10.1. The lowest BCUT2D eigenvalue weighted by Crippen LogP contribution is -2.58. The van der Waals surface area contributed by atoms with E-state index in [1.165, 1.54) is 0 Å². The van der Waals surface area contributed by atoms with Crippen LogP contribution in [-0.4, -0.2) is 44.0 Å². The molecule has 6 nitrogen and oxygen atoms in total. The molecular formula is C26H34N2O4S. The Bertz CT molecular complexity index is 1050. The first-order chi connectivity index (χ1) is 15.8. The van der Waals surface area contributed by atoms with Crippen LogP contribution in [0.1, 0.15) is 62.7 Å². The highest BCUT2D eigenvalue weighted by Crippen LogP contribution is 2.33. The van der Waals surface area contributed by atoms with Crippen LogP contribution in [0.25, 0.3) is 0 Å². The minimum atomic E-state index is -3.59. The van der Waals surface area contributed by atoms with Crippen molar-refractivity contribution in [1.82, 2.24) is 9.62 Å². The topological polar surface area (TPSA) is 75.7 Å². The van der Waals surface area contributed by atoms with E-state index in [-0.39, 0.29) is 16.6 Å². The molecule has 2 fully saturated rings. The van der Waals surface area contributed by atoms with Gasteiger partial charge in [0.25, 0.3) is 0 Å². The maximum absolute atomic E-state index is 12.9. The molecule has 1 saturated carbocycles. The van der Waals surface area contributed by atoms with E-state index in [0.29, 0.717) is 12.6 Å². The number of nitrogens with zero attached hydrogens (tertiary/aromatic N) is 1. The van der Waals surface area contributed by atoms with Crippen LogP contribution in [0.2, 0.25) is 0 Å². The number of carbonyl (C=O) groups is 1. The van der Waals surface area contributed by atoms with Crippen molar-refractivity contribution in [2.24, 2.45) is 5.92 Å². The molecule has 0 unspecified atom stereocenters. The average Bonchev–Trinajstić information content (AvgIpc) is 3.53. The lowest BCUT2D eigenvalue weighted by molar-refractivity contribution is 0.0872. The summed E-state index contributed by atoms with van der Waals surface area (Å²) in [7, 11) is -3.59. The molecule has 1 heterocycles. The van der Waals surface area contributed by atoms with E-state index in [4.69, 9.17) is 4.74 Å². The molecule has 4 rings (SSSR count). The van der Waals surface area contributed by atoms with E-state index in [0.717, 1.165) is 56.4 Å². The first-order valence-electron chi connectivity index (χ1n) is 11.9. The molecule has 178 valence electrons. The second kappa shape index (κ2) is 9.95. The second-order valence-electron chi connectivity index (χ2n) is 9.62. The van der Waals surface area contributed by atoms with Crippen LogP contribution in [-0.2, 0) is 10.0 Å². The van der Waals surface area contributed by atoms with Gasteiger partial charge in [0.15, 0.2) is 5.78 Å². The van der Waals surface area contributed by atoms with Gasteiger partial charge in [-0.15, -0.1) is 0 Å². The number of rotatable bonds is 11. The Morgan fingerprint density at radius 1 is 1.06 bits per heavy atom. The highest BCUT2D eigenvalue weighted by Gasteiger charge is 2.38. The molecule has 1 aliphatic heterocycles. The SMILES string of the molecule is CC(C)(NS(=O)(=O)c1ccccc1)N1CCC[C@@H]1CCCOc1ccc(C(=O)C2CC2)cc1. The number of carbonyl (C=O) groups excluding carboxylic acids is 1. The molecule has 0 radical (unpaired) electrons. The fourth-order valence-electron chi connectivity index (χ4n) is 4.72. The molecular weight excluding hydrogens is 436 g/mol. The van der Waals surface area contributed by atoms with E-state index in [1.807, 2.05) is 44.2 Å². The van der Waals surface area contributed by atoms with Crippen molar-refractivity contribution in [2.75, 3.05) is 13.2 Å². The number of likely N-dealkylation sites (tertiary alicyclic amines) is 1. The quantitative estimate of drug-likeness (QED) is 0.383. The summed E-state index contributed by atoms with van der Waals surface area (Å²) in [6, 6.07) is 16.3. The van der Waals surface area contributed by atoms with Crippen molar-refractivity contribution < 1.29 is 17.9 Å². The summed E-state index contributed by atoms with van der Waals surface area (Å²) in [5.74, 6) is 1.25. The smallest absolute Gasteiger partial charge is 0.242 e. The van der Waals surface area contributed by atoms with E-state index >= 15 is 0 Å². The number of Topliss-reactive ketones (excluding diaryl/α,β-unsaturated/α-hetero) is 1. The Hall–Kier alpha value is -2.22. The van der Waals surface area contributed by atoms with Gasteiger partial charge < -0.3 is 4.74 Å². The van der Waals surface area contributed by atoms with Crippen molar-refractivity contribution in [2.45, 2.75) is 69.0 Å². The summed E-state index contributed by atoms with van der Waals surface area (Å²) in [6.45, 7) is 5.34. The summed E-state index contributed by atoms with van der Waals surface area (Å²) in [4.78, 5) is 14.7. The zero-order chi connectivity index (χ0) is 23.5. The zero-order valence-electron chi connectivity index (χ0n) is 19.5. The van der Waals surface area contributed by atoms with E-state index < -0.39 is 15.7 Å². The van der Waals surface area contributed by atoms with Crippen LogP contribution in [0.3, 0.4) is 0 Å². The molecule has 1 saturated heterocycles. The summed E-state index contributed by atoms with van der Waals surface area (Å²) in [5, 5.41) is 0. The third-order valence-corrected chi connectivity index (χ3v) is 8.23. The number of hydrogen-bond donors (Lipinski definition) is 1. The normalized spacial score (nSPS) is 19.5. The highest BCUT2D eigenvalue weighted by atomic mass is 32.2. The molecule has 2 aromatic rings. The molecule has 7 heteroatoms. The minimum Gasteiger partial charge on any atom is -0.494 e. The van der Waals surface area contributed by atoms with Crippen LogP contribution in [0, 0.1) is 5.92 Å². The van der Waals surface area contributed by atoms with Gasteiger partial charge in [0.1, 0.15) is 5.75 Å². The number of hydrogen-bond acceptors (Lipinski definition) is 5. The molecule has 0 bridgehead atoms. The standard InChI is InChI=1S/C26H34N2O4S/c1-26(2,27-33(30,31)24-10-4-3-5-11-24)28-18-6-8-22(28)9-7-19-32-23-16-14-21(15-17-23)25(29)20-12-13-20/h3-5,10-11,14-17,20,22,27H,6-9,12-13,18-19H2,1-2H3/t22-/m1/s1. The van der Waals surface area contributed by atoms with Crippen molar-refractivity contribution in [1.29, 1.82) is 0 Å². The molecule has 1 N–H and O–H groups in total. The van der Waals surface area contributed by atoms with Crippen LogP contribution >= 0.6 is 0 Å². The maximum Gasteiger partial charge on any atom is 0.242 e. The molecule has 0 spiro atoms. The summed E-state index contributed by atoms with van der Waals surface area (Å²) >= 11 is 0. The van der Waals surface area contributed by atoms with Crippen LogP contribution in [0.5, 0.6) is 5.75 Å². The van der Waals surface area contributed by atoms with E-state index in [1.54, 1.807) is 24.3 Å². The molecule has 0 aromatic heterocycles. The Labute approximate surface area is 197 Å². The lowest BCUT2D eigenvalue weighted by Gasteiger charge is -2.40. The first-order valence-corrected chi connectivity index (χ1v) is 13.4. The Morgan fingerprint density at radius 3 is 2.42 bits per heavy atom. The number of ketones is 1. The van der Waals surface area contributed by atoms with Gasteiger partial charge in [0.2, 0.25) is 10.0 Å².